The van der Waals surface area contributed by atoms with E-state index in [4.69, 9.17) is 4.74 Å². The van der Waals surface area contributed by atoms with Gasteiger partial charge in [-0.05, 0) is 62.7 Å². The Morgan fingerprint density at radius 1 is 0.912 bits per heavy atom. The summed E-state index contributed by atoms with van der Waals surface area (Å²) >= 11 is 0. The number of hydrogen-bond acceptors (Lipinski definition) is 4. The first-order chi connectivity index (χ1) is 16.5. The average molecular weight is 454 g/mol. The number of rotatable bonds is 7. The molecule has 1 amide bonds. The zero-order valence-corrected chi connectivity index (χ0v) is 19.5. The molecule has 6 heteroatoms. The van der Waals surface area contributed by atoms with Crippen LogP contribution in [-0.4, -0.2) is 34.1 Å². The first-order valence-electron chi connectivity index (χ1n) is 11.3. The van der Waals surface area contributed by atoms with Crippen molar-refractivity contribution in [3.63, 3.8) is 0 Å². The lowest BCUT2D eigenvalue weighted by atomic mass is 9.95. The van der Waals surface area contributed by atoms with E-state index in [0.717, 1.165) is 11.1 Å². The Kier molecular flexibility index (Phi) is 6.87. The second-order valence-corrected chi connectivity index (χ2v) is 7.87. The van der Waals surface area contributed by atoms with Gasteiger partial charge in [-0.2, -0.15) is 5.10 Å². The lowest BCUT2D eigenvalue weighted by Crippen LogP contribution is -2.30. The van der Waals surface area contributed by atoms with Gasteiger partial charge in [0.15, 0.2) is 0 Å². The Labute approximate surface area is 198 Å². The molecule has 0 unspecified atom stereocenters. The molecule has 0 bridgehead atoms. The molecule has 0 spiro atoms. The average Bonchev–Trinajstić information content (AvgIpc) is 2.87. The maximum atomic E-state index is 12.7. The number of H-pyrrole nitrogens is 1. The van der Waals surface area contributed by atoms with Crippen LogP contribution in [0.4, 0.5) is 0 Å². The standard InChI is InChI=1S/C28H27N3O3/c1-4-31(5-2)28(33)21-17-15-20(16-18-21)25-19(3)27(32)30-29-26(25)23-13-9-10-14-24(23)34-22-11-7-6-8-12-22/h6-18H,4-5H2,1-3H3,(H,30,32). The molecule has 0 radical (unpaired) electrons. The van der Waals surface area contributed by atoms with Crippen molar-refractivity contribution in [1.29, 1.82) is 0 Å². The van der Waals surface area contributed by atoms with Crippen LogP contribution in [0.2, 0.25) is 0 Å². The summed E-state index contributed by atoms with van der Waals surface area (Å²) in [6.45, 7) is 6.99. The third-order valence-corrected chi connectivity index (χ3v) is 5.81. The van der Waals surface area contributed by atoms with Crippen LogP contribution in [0.5, 0.6) is 11.5 Å². The molecule has 1 aromatic heterocycles. The number of nitrogens with one attached hydrogen (secondary N) is 1. The maximum absolute atomic E-state index is 12.7. The van der Waals surface area contributed by atoms with Crippen molar-refractivity contribution in [2.24, 2.45) is 0 Å². The molecule has 6 nitrogen and oxygen atoms in total. The Hall–Kier alpha value is -4.19. The Morgan fingerprint density at radius 2 is 1.56 bits per heavy atom. The Morgan fingerprint density at radius 3 is 2.24 bits per heavy atom. The number of hydrogen-bond donors (Lipinski definition) is 1. The molecule has 0 aliphatic rings. The third kappa shape index (κ3) is 4.62. The van der Waals surface area contributed by atoms with E-state index in [1.807, 2.05) is 80.6 Å². The van der Waals surface area contributed by atoms with Gasteiger partial charge in [-0.3, -0.25) is 9.59 Å². The van der Waals surface area contributed by atoms with Crippen LogP contribution in [0.25, 0.3) is 22.4 Å². The van der Waals surface area contributed by atoms with Crippen LogP contribution in [0.15, 0.2) is 83.7 Å². The summed E-state index contributed by atoms with van der Waals surface area (Å²) in [6.07, 6.45) is 0. The van der Waals surface area contributed by atoms with E-state index in [0.29, 0.717) is 47.0 Å². The number of carbonyl (C=O) groups excluding carboxylic acids is 1. The summed E-state index contributed by atoms with van der Waals surface area (Å²) < 4.78 is 6.14. The number of para-hydroxylation sites is 2. The van der Waals surface area contributed by atoms with E-state index in [-0.39, 0.29) is 11.5 Å². The molecule has 34 heavy (non-hydrogen) atoms. The normalized spacial score (nSPS) is 10.7. The fourth-order valence-electron chi connectivity index (χ4n) is 3.93. The SMILES string of the molecule is CCN(CC)C(=O)c1ccc(-c2c(-c3ccccc3Oc3ccccc3)n[nH]c(=O)c2C)cc1. The molecule has 0 saturated carbocycles. The van der Waals surface area contributed by atoms with Gasteiger partial charge < -0.3 is 9.64 Å². The molecular formula is C28H27N3O3. The summed E-state index contributed by atoms with van der Waals surface area (Å²) in [5.74, 6) is 1.32. The summed E-state index contributed by atoms with van der Waals surface area (Å²) in [7, 11) is 0. The molecule has 0 aliphatic heterocycles. The number of carbonyl (C=O) groups is 1. The first kappa shape index (κ1) is 23.0. The Balaban J connectivity index is 1.80. The van der Waals surface area contributed by atoms with Gasteiger partial charge in [-0.1, -0.05) is 42.5 Å². The van der Waals surface area contributed by atoms with Crippen molar-refractivity contribution < 1.29 is 9.53 Å². The van der Waals surface area contributed by atoms with E-state index in [2.05, 4.69) is 10.2 Å². The predicted molar refractivity (Wildman–Crippen MR) is 134 cm³/mol. The van der Waals surface area contributed by atoms with Crippen LogP contribution in [0.3, 0.4) is 0 Å². The molecule has 1 heterocycles. The van der Waals surface area contributed by atoms with Gasteiger partial charge in [0.2, 0.25) is 0 Å². The summed E-state index contributed by atoms with van der Waals surface area (Å²) in [6, 6.07) is 24.4. The van der Waals surface area contributed by atoms with Crippen molar-refractivity contribution >= 4 is 5.91 Å². The van der Waals surface area contributed by atoms with Gasteiger partial charge in [0.1, 0.15) is 17.2 Å². The number of benzene rings is 3. The minimum Gasteiger partial charge on any atom is -0.457 e. The summed E-state index contributed by atoms with van der Waals surface area (Å²) in [5.41, 5.74) is 3.75. The fourth-order valence-corrected chi connectivity index (χ4v) is 3.93. The zero-order chi connectivity index (χ0) is 24.1. The maximum Gasteiger partial charge on any atom is 0.267 e. The lowest BCUT2D eigenvalue weighted by Gasteiger charge is -2.19. The van der Waals surface area contributed by atoms with Crippen LogP contribution in [-0.2, 0) is 0 Å². The Bertz CT molecular complexity index is 1340. The molecular weight excluding hydrogens is 426 g/mol. The first-order valence-corrected chi connectivity index (χ1v) is 11.3. The largest absolute Gasteiger partial charge is 0.457 e. The highest BCUT2D eigenvalue weighted by molar-refractivity contribution is 5.95. The third-order valence-electron chi connectivity index (χ3n) is 5.81. The van der Waals surface area contributed by atoms with E-state index < -0.39 is 0 Å². The molecule has 0 fully saturated rings. The number of aromatic amines is 1. The lowest BCUT2D eigenvalue weighted by molar-refractivity contribution is 0.0773. The van der Waals surface area contributed by atoms with E-state index in [1.54, 1.807) is 24.0 Å². The van der Waals surface area contributed by atoms with Gasteiger partial charge in [0, 0.05) is 35.3 Å². The molecule has 172 valence electrons. The van der Waals surface area contributed by atoms with Gasteiger partial charge >= 0.3 is 0 Å². The van der Waals surface area contributed by atoms with Gasteiger partial charge in [-0.15, -0.1) is 0 Å². The quantitative estimate of drug-likeness (QED) is 0.390. The second-order valence-electron chi connectivity index (χ2n) is 7.87. The second kappa shape index (κ2) is 10.2. The van der Waals surface area contributed by atoms with E-state index in [1.165, 1.54) is 0 Å². The van der Waals surface area contributed by atoms with Crippen LogP contribution < -0.4 is 10.3 Å². The number of nitrogens with zero attached hydrogens (tertiary/aromatic N) is 2. The highest BCUT2D eigenvalue weighted by atomic mass is 16.5. The van der Waals surface area contributed by atoms with Crippen molar-refractivity contribution in [3.8, 4) is 33.9 Å². The van der Waals surface area contributed by atoms with Gasteiger partial charge in [-0.25, -0.2) is 5.10 Å². The molecule has 0 atom stereocenters. The molecule has 4 rings (SSSR count). The van der Waals surface area contributed by atoms with E-state index >= 15 is 0 Å². The molecule has 0 saturated heterocycles. The van der Waals surface area contributed by atoms with Crippen LogP contribution in [0, 0.1) is 6.92 Å². The van der Waals surface area contributed by atoms with Crippen LogP contribution in [0.1, 0.15) is 29.8 Å². The van der Waals surface area contributed by atoms with Crippen LogP contribution >= 0.6 is 0 Å². The van der Waals surface area contributed by atoms with Gasteiger partial charge in [0.05, 0.1) is 0 Å². The number of amides is 1. The highest BCUT2D eigenvalue weighted by Crippen LogP contribution is 2.38. The number of ether oxygens (including phenoxy) is 1. The van der Waals surface area contributed by atoms with Gasteiger partial charge in [0.25, 0.3) is 11.5 Å². The monoisotopic (exact) mass is 453 g/mol. The minimum absolute atomic E-state index is 0.0147. The minimum atomic E-state index is -0.261. The van der Waals surface area contributed by atoms with Crippen molar-refractivity contribution in [2.75, 3.05) is 13.1 Å². The van der Waals surface area contributed by atoms with Crippen molar-refractivity contribution in [2.45, 2.75) is 20.8 Å². The molecule has 4 aromatic rings. The summed E-state index contributed by atoms with van der Waals surface area (Å²) in [5, 5.41) is 7.01. The topological polar surface area (TPSA) is 75.3 Å². The summed E-state index contributed by atoms with van der Waals surface area (Å²) in [4.78, 5) is 27.0. The fraction of sp³-hybridized carbons (Fsp3) is 0.179. The molecule has 3 aromatic carbocycles. The van der Waals surface area contributed by atoms with Crippen molar-refractivity contribution in [1.82, 2.24) is 15.1 Å². The highest BCUT2D eigenvalue weighted by Gasteiger charge is 2.19. The smallest absolute Gasteiger partial charge is 0.267 e. The predicted octanol–water partition coefficient (Wildman–Crippen LogP) is 5.69. The van der Waals surface area contributed by atoms with Crippen molar-refractivity contribution in [3.05, 3.63) is 100 Å². The molecule has 0 aliphatic carbocycles. The molecule has 1 N–H and O–H groups in total. The number of aromatic nitrogens is 2. The van der Waals surface area contributed by atoms with E-state index in [9.17, 15) is 9.59 Å². The zero-order valence-electron chi connectivity index (χ0n) is 19.5.